The Kier molecular flexibility index (Phi) is 5.29. The highest BCUT2D eigenvalue weighted by atomic mass is 16.3. The minimum Gasteiger partial charge on any atom is -0.494 e. The van der Waals surface area contributed by atoms with Gasteiger partial charge >= 0.3 is 5.69 Å². The van der Waals surface area contributed by atoms with Gasteiger partial charge in [-0.15, -0.1) is 0 Å². The van der Waals surface area contributed by atoms with E-state index in [1.807, 2.05) is 4.98 Å². The summed E-state index contributed by atoms with van der Waals surface area (Å²) in [5.74, 6) is -1.69. The van der Waals surface area contributed by atoms with Crippen LogP contribution in [0.25, 0.3) is 5.70 Å². The number of carbonyl (C=O) groups excluding carboxylic acids is 2. The van der Waals surface area contributed by atoms with Crippen LogP contribution >= 0.6 is 0 Å². The van der Waals surface area contributed by atoms with Crippen LogP contribution in [-0.2, 0) is 9.59 Å². The first-order valence-corrected chi connectivity index (χ1v) is 8.71. The van der Waals surface area contributed by atoms with Gasteiger partial charge in [-0.2, -0.15) is 0 Å². The second kappa shape index (κ2) is 7.68. The molecule has 2 heterocycles. The van der Waals surface area contributed by atoms with E-state index in [-0.39, 0.29) is 29.0 Å². The number of amides is 1. The number of hydrogen-bond donors (Lipinski definition) is 5. The zero-order chi connectivity index (χ0) is 21.3. The summed E-state index contributed by atoms with van der Waals surface area (Å²) in [4.78, 5) is 56.0. The molecule has 1 amide bonds. The molecule has 0 bridgehead atoms. The minimum absolute atomic E-state index is 0.0124. The predicted octanol–water partition coefficient (Wildman–Crippen LogP) is -0.235. The lowest BCUT2D eigenvalue weighted by atomic mass is 9.97. The van der Waals surface area contributed by atoms with Crippen LogP contribution in [-0.4, -0.2) is 43.8 Å². The Balaban J connectivity index is 2.29. The Morgan fingerprint density at radius 3 is 2.41 bits per heavy atom. The number of aliphatic hydroxyl groups excluding tert-OH is 1. The maximum atomic E-state index is 12.3. The Hall–Kier alpha value is -3.79. The molecule has 0 saturated heterocycles. The van der Waals surface area contributed by atoms with Crippen molar-refractivity contribution in [1.82, 2.24) is 15.3 Å². The first-order valence-electron chi connectivity index (χ1n) is 8.71. The standard InChI is InChI=1S/C19H18N4O6/c1-3-11(25)20-16(26)12(8(2)24)14-9-6-4-5-7-10(9)15(21-14)13-17(27)22-19(29)23-18(13)28/h4-7,16,26H,3H2,1-2H3,(H,20,25)(H3,22,23,27,28,29)/b14-12+. The number of fused-ring (bicyclic) bond motifs is 1. The SMILES string of the molecule is CCC(=O)NC(O)/C(C(C)=O)=C1/N=C(c2c(O)[nH]c(=O)[nH]c2=O)c2ccccc21. The second-order valence-electron chi connectivity index (χ2n) is 6.28. The first kappa shape index (κ1) is 20.0. The van der Waals surface area contributed by atoms with E-state index in [1.165, 1.54) is 6.92 Å². The van der Waals surface area contributed by atoms with Gasteiger partial charge in [-0.05, 0) is 6.92 Å². The van der Waals surface area contributed by atoms with Crippen molar-refractivity contribution in [3.8, 4) is 5.88 Å². The van der Waals surface area contributed by atoms with Gasteiger partial charge in [0.2, 0.25) is 11.8 Å². The molecule has 10 heteroatoms. The van der Waals surface area contributed by atoms with Crippen molar-refractivity contribution in [3.63, 3.8) is 0 Å². The third kappa shape index (κ3) is 3.65. The third-order valence-electron chi connectivity index (χ3n) is 4.35. The third-order valence-corrected chi connectivity index (χ3v) is 4.35. The van der Waals surface area contributed by atoms with Gasteiger partial charge in [-0.1, -0.05) is 31.2 Å². The fourth-order valence-corrected chi connectivity index (χ4v) is 3.03. The number of ketones is 1. The number of carbonyl (C=O) groups is 2. The highest BCUT2D eigenvalue weighted by molar-refractivity contribution is 6.23. The summed E-state index contributed by atoms with van der Waals surface area (Å²) in [7, 11) is 0. The van der Waals surface area contributed by atoms with Gasteiger partial charge in [-0.25, -0.2) is 9.79 Å². The molecule has 0 aliphatic carbocycles. The lowest BCUT2D eigenvalue weighted by Crippen LogP contribution is -2.37. The van der Waals surface area contributed by atoms with Crippen molar-refractivity contribution in [2.24, 2.45) is 4.99 Å². The number of nitrogens with zero attached hydrogens (tertiary/aromatic N) is 1. The molecular weight excluding hydrogens is 380 g/mol. The molecule has 3 rings (SSSR count). The number of aliphatic imine (C=N–C) groups is 1. The van der Waals surface area contributed by atoms with E-state index in [0.717, 1.165) is 0 Å². The van der Waals surface area contributed by atoms with Crippen molar-refractivity contribution in [1.29, 1.82) is 0 Å². The molecule has 0 spiro atoms. The van der Waals surface area contributed by atoms with E-state index in [4.69, 9.17) is 0 Å². The van der Waals surface area contributed by atoms with Gasteiger partial charge in [0.05, 0.1) is 17.0 Å². The van der Waals surface area contributed by atoms with Gasteiger partial charge in [0.1, 0.15) is 5.56 Å². The summed E-state index contributed by atoms with van der Waals surface area (Å²) in [5, 5.41) is 22.8. The van der Waals surface area contributed by atoms with E-state index in [0.29, 0.717) is 11.1 Å². The summed E-state index contributed by atoms with van der Waals surface area (Å²) < 4.78 is 0. The molecule has 2 aromatic rings. The number of aliphatic hydroxyl groups is 1. The lowest BCUT2D eigenvalue weighted by Gasteiger charge is -2.16. The van der Waals surface area contributed by atoms with Crippen LogP contribution in [0.15, 0.2) is 44.4 Å². The second-order valence-corrected chi connectivity index (χ2v) is 6.28. The number of benzene rings is 1. The number of hydrogen-bond acceptors (Lipinski definition) is 7. The van der Waals surface area contributed by atoms with Crippen molar-refractivity contribution < 1.29 is 19.8 Å². The molecule has 1 atom stereocenters. The van der Waals surface area contributed by atoms with Gasteiger partial charge in [0.15, 0.2) is 12.0 Å². The van der Waals surface area contributed by atoms with E-state index in [2.05, 4.69) is 15.3 Å². The monoisotopic (exact) mass is 398 g/mol. The molecule has 0 radical (unpaired) electrons. The summed E-state index contributed by atoms with van der Waals surface area (Å²) in [5.41, 5.74) is -1.33. The summed E-state index contributed by atoms with van der Waals surface area (Å²) >= 11 is 0. The van der Waals surface area contributed by atoms with E-state index in [1.54, 1.807) is 31.2 Å². The van der Waals surface area contributed by atoms with Crippen LogP contribution in [0.4, 0.5) is 0 Å². The largest absolute Gasteiger partial charge is 0.494 e. The smallest absolute Gasteiger partial charge is 0.328 e. The Bertz CT molecular complexity index is 1190. The molecule has 0 saturated carbocycles. The van der Waals surface area contributed by atoms with Crippen LogP contribution in [0.1, 0.15) is 37.0 Å². The Labute approximate surface area is 163 Å². The highest BCUT2D eigenvalue weighted by Crippen LogP contribution is 2.34. The first-order chi connectivity index (χ1) is 13.7. The van der Waals surface area contributed by atoms with Crippen molar-refractivity contribution in [2.75, 3.05) is 0 Å². The molecule has 1 unspecified atom stereocenters. The molecule has 5 N–H and O–H groups in total. The van der Waals surface area contributed by atoms with Crippen molar-refractivity contribution in [3.05, 3.63) is 67.4 Å². The number of H-pyrrole nitrogens is 2. The molecule has 150 valence electrons. The van der Waals surface area contributed by atoms with Crippen LogP contribution in [0.5, 0.6) is 5.88 Å². The molecular formula is C19H18N4O6. The van der Waals surface area contributed by atoms with Crippen molar-refractivity contribution >= 4 is 23.1 Å². The zero-order valence-corrected chi connectivity index (χ0v) is 15.6. The number of Topliss-reactive ketones (excluding diaryl/α,β-unsaturated/α-hetero) is 1. The van der Waals surface area contributed by atoms with E-state index >= 15 is 0 Å². The fraction of sp³-hybridized carbons (Fsp3) is 0.211. The molecule has 29 heavy (non-hydrogen) atoms. The average molecular weight is 398 g/mol. The van der Waals surface area contributed by atoms with Crippen LogP contribution < -0.4 is 16.6 Å². The number of nitrogens with one attached hydrogen (secondary N) is 3. The maximum Gasteiger partial charge on any atom is 0.328 e. The zero-order valence-electron chi connectivity index (χ0n) is 15.6. The van der Waals surface area contributed by atoms with E-state index < -0.39 is 35.0 Å². The quantitative estimate of drug-likeness (QED) is 0.345. The Morgan fingerprint density at radius 2 is 1.83 bits per heavy atom. The van der Waals surface area contributed by atoms with E-state index in [9.17, 15) is 29.4 Å². The van der Waals surface area contributed by atoms with Crippen molar-refractivity contribution in [2.45, 2.75) is 26.5 Å². The molecule has 1 aromatic heterocycles. The van der Waals surface area contributed by atoms with Gasteiger partial charge in [0.25, 0.3) is 5.56 Å². The van der Waals surface area contributed by atoms with Gasteiger partial charge in [-0.3, -0.25) is 24.4 Å². The predicted molar refractivity (Wildman–Crippen MR) is 103 cm³/mol. The summed E-state index contributed by atoms with van der Waals surface area (Å²) in [6.45, 7) is 2.80. The molecule has 0 fully saturated rings. The normalized spacial score (nSPS) is 15.3. The Morgan fingerprint density at radius 1 is 1.17 bits per heavy atom. The summed E-state index contributed by atoms with van der Waals surface area (Å²) in [6.07, 6.45) is -1.52. The van der Waals surface area contributed by atoms with Gasteiger partial charge < -0.3 is 15.5 Å². The minimum atomic E-state index is -1.62. The topological polar surface area (TPSA) is 165 Å². The molecule has 1 aromatic carbocycles. The number of aromatic hydroxyl groups is 1. The number of aromatic nitrogens is 2. The molecule has 1 aliphatic rings. The lowest BCUT2D eigenvalue weighted by molar-refractivity contribution is -0.123. The fourth-order valence-electron chi connectivity index (χ4n) is 3.03. The van der Waals surface area contributed by atoms with Crippen LogP contribution in [0.3, 0.4) is 0 Å². The number of rotatable bonds is 5. The molecule has 10 nitrogen and oxygen atoms in total. The average Bonchev–Trinajstić information content (AvgIpc) is 3.00. The van der Waals surface area contributed by atoms with Crippen LogP contribution in [0.2, 0.25) is 0 Å². The maximum absolute atomic E-state index is 12.3. The summed E-state index contributed by atoms with van der Waals surface area (Å²) in [6, 6.07) is 6.56. The van der Waals surface area contributed by atoms with Gasteiger partial charge in [0, 0.05) is 17.5 Å². The number of aromatic amines is 2. The van der Waals surface area contributed by atoms with Crippen LogP contribution in [0, 0.1) is 0 Å². The molecule has 1 aliphatic heterocycles. The highest BCUT2D eigenvalue weighted by Gasteiger charge is 2.31.